The third-order valence-corrected chi connectivity index (χ3v) is 3.50. The van der Waals surface area contributed by atoms with Crippen molar-refractivity contribution in [2.24, 2.45) is 0 Å². The van der Waals surface area contributed by atoms with E-state index in [2.05, 4.69) is 24.9 Å². The Kier molecular flexibility index (Phi) is 2.57. The maximum absolute atomic E-state index is 11.5. The molecular formula is C12H16N4O2. The average molecular weight is 248 g/mol. The predicted molar refractivity (Wildman–Crippen MR) is 67.0 cm³/mol. The number of nitrogens with zero attached hydrogens (tertiary/aromatic N) is 3. The SMILES string of the molecule is COC(=O)c1nc(C)c2c(n1)NC1CCCN2C1. The highest BCUT2D eigenvalue weighted by Gasteiger charge is 2.31. The molecule has 1 atom stereocenters. The summed E-state index contributed by atoms with van der Waals surface area (Å²) in [7, 11) is 1.34. The number of piperidine rings is 1. The molecule has 1 aromatic heterocycles. The van der Waals surface area contributed by atoms with E-state index in [0.717, 1.165) is 36.7 Å². The minimum Gasteiger partial charge on any atom is -0.463 e. The maximum atomic E-state index is 11.5. The van der Waals surface area contributed by atoms with Crippen LogP contribution < -0.4 is 10.2 Å². The zero-order chi connectivity index (χ0) is 12.7. The Labute approximate surface area is 105 Å². The molecule has 2 bridgehead atoms. The molecule has 96 valence electrons. The van der Waals surface area contributed by atoms with Crippen molar-refractivity contribution in [3.8, 4) is 0 Å². The van der Waals surface area contributed by atoms with E-state index in [1.807, 2.05) is 6.92 Å². The molecule has 1 saturated heterocycles. The molecule has 1 N–H and O–H groups in total. The van der Waals surface area contributed by atoms with Crippen molar-refractivity contribution in [3.05, 3.63) is 11.5 Å². The summed E-state index contributed by atoms with van der Waals surface area (Å²) in [4.78, 5) is 22.3. The number of aryl methyl sites for hydroxylation is 1. The molecule has 0 amide bonds. The Hall–Kier alpha value is -1.85. The lowest BCUT2D eigenvalue weighted by Crippen LogP contribution is -2.47. The van der Waals surface area contributed by atoms with Gasteiger partial charge in [-0.3, -0.25) is 0 Å². The number of aromatic nitrogens is 2. The number of fused-ring (bicyclic) bond motifs is 4. The van der Waals surface area contributed by atoms with Crippen LogP contribution >= 0.6 is 0 Å². The maximum Gasteiger partial charge on any atom is 0.376 e. The summed E-state index contributed by atoms with van der Waals surface area (Å²) in [6, 6.07) is 0.422. The monoisotopic (exact) mass is 248 g/mol. The molecule has 1 unspecified atom stereocenters. The Balaban J connectivity index is 2.06. The molecule has 0 aliphatic carbocycles. The van der Waals surface area contributed by atoms with Gasteiger partial charge in [0.25, 0.3) is 0 Å². The first-order valence-corrected chi connectivity index (χ1v) is 6.17. The number of hydrogen-bond acceptors (Lipinski definition) is 6. The molecule has 3 rings (SSSR count). The molecule has 2 aliphatic heterocycles. The first-order valence-electron chi connectivity index (χ1n) is 6.17. The molecule has 0 aromatic carbocycles. The first-order chi connectivity index (χ1) is 8.69. The van der Waals surface area contributed by atoms with Crippen LogP contribution in [0.15, 0.2) is 0 Å². The fourth-order valence-corrected chi connectivity index (χ4v) is 2.72. The topological polar surface area (TPSA) is 67.3 Å². The molecule has 0 saturated carbocycles. The second-order valence-corrected chi connectivity index (χ2v) is 4.75. The van der Waals surface area contributed by atoms with E-state index < -0.39 is 5.97 Å². The van der Waals surface area contributed by atoms with Crippen LogP contribution in [-0.2, 0) is 4.74 Å². The molecule has 1 aromatic rings. The number of carbonyl (C=O) groups is 1. The summed E-state index contributed by atoms with van der Waals surface area (Å²) in [5.41, 5.74) is 1.85. The van der Waals surface area contributed by atoms with Gasteiger partial charge in [0.05, 0.1) is 12.8 Å². The number of hydrogen-bond donors (Lipinski definition) is 1. The van der Waals surface area contributed by atoms with Gasteiger partial charge in [-0.1, -0.05) is 0 Å². The van der Waals surface area contributed by atoms with Crippen molar-refractivity contribution < 1.29 is 9.53 Å². The normalized spacial score (nSPS) is 21.0. The second-order valence-electron chi connectivity index (χ2n) is 4.75. The fourth-order valence-electron chi connectivity index (χ4n) is 2.72. The van der Waals surface area contributed by atoms with Gasteiger partial charge >= 0.3 is 5.97 Å². The van der Waals surface area contributed by atoms with Crippen LogP contribution in [-0.4, -0.2) is 42.2 Å². The first kappa shape index (κ1) is 11.3. The molecule has 3 heterocycles. The smallest absolute Gasteiger partial charge is 0.376 e. The van der Waals surface area contributed by atoms with Gasteiger partial charge in [0.15, 0.2) is 5.82 Å². The quantitative estimate of drug-likeness (QED) is 0.747. The zero-order valence-electron chi connectivity index (χ0n) is 10.6. The number of rotatable bonds is 1. The molecule has 2 aliphatic rings. The summed E-state index contributed by atoms with van der Waals surface area (Å²) in [6.45, 7) is 3.94. The van der Waals surface area contributed by atoms with Crippen molar-refractivity contribution in [3.63, 3.8) is 0 Å². The van der Waals surface area contributed by atoms with Crippen LogP contribution in [0.1, 0.15) is 29.2 Å². The van der Waals surface area contributed by atoms with E-state index in [1.165, 1.54) is 13.5 Å². The van der Waals surface area contributed by atoms with Gasteiger partial charge in [-0.05, 0) is 19.8 Å². The number of methoxy groups -OCH3 is 1. The fraction of sp³-hybridized carbons (Fsp3) is 0.583. The van der Waals surface area contributed by atoms with Crippen molar-refractivity contribution in [2.75, 3.05) is 30.4 Å². The van der Waals surface area contributed by atoms with E-state index in [9.17, 15) is 4.79 Å². The van der Waals surface area contributed by atoms with Gasteiger partial charge < -0.3 is 15.0 Å². The third kappa shape index (κ3) is 1.68. The van der Waals surface area contributed by atoms with Crippen molar-refractivity contribution in [1.82, 2.24) is 9.97 Å². The summed E-state index contributed by atoms with van der Waals surface area (Å²) in [6.07, 6.45) is 2.32. The summed E-state index contributed by atoms with van der Waals surface area (Å²) in [5, 5.41) is 3.39. The number of nitrogens with one attached hydrogen (secondary N) is 1. The van der Waals surface area contributed by atoms with Crippen molar-refractivity contribution in [2.45, 2.75) is 25.8 Å². The number of anilines is 2. The minimum atomic E-state index is -0.492. The number of esters is 1. The summed E-state index contributed by atoms with van der Waals surface area (Å²) in [5.74, 6) is 0.398. The van der Waals surface area contributed by atoms with E-state index in [1.54, 1.807) is 0 Å². The van der Waals surface area contributed by atoms with Crippen LogP contribution in [0.4, 0.5) is 11.5 Å². The Bertz CT molecular complexity index is 503. The lowest BCUT2D eigenvalue weighted by Gasteiger charge is -2.41. The van der Waals surface area contributed by atoms with Gasteiger partial charge in [0.2, 0.25) is 5.82 Å². The van der Waals surface area contributed by atoms with Crippen LogP contribution in [0, 0.1) is 6.92 Å². The van der Waals surface area contributed by atoms with Crippen LogP contribution in [0.5, 0.6) is 0 Å². The Morgan fingerprint density at radius 2 is 2.33 bits per heavy atom. The van der Waals surface area contributed by atoms with E-state index in [-0.39, 0.29) is 5.82 Å². The van der Waals surface area contributed by atoms with Gasteiger partial charge in [-0.2, -0.15) is 0 Å². The molecule has 6 nitrogen and oxygen atoms in total. The minimum absolute atomic E-state index is 0.127. The van der Waals surface area contributed by atoms with Gasteiger partial charge in [0.1, 0.15) is 5.69 Å². The molecule has 6 heteroatoms. The molecular weight excluding hydrogens is 232 g/mol. The van der Waals surface area contributed by atoms with E-state index in [0.29, 0.717) is 6.04 Å². The van der Waals surface area contributed by atoms with Gasteiger partial charge in [-0.25, -0.2) is 14.8 Å². The Morgan fingerprint density at radius 3 is 3.11 bits per heavy atom. The molecule has 1 fully saturated rings. The summed E-state index contributed by atoms with van der Waals surface area (Å²) < 4.78 is 4.67. The standard InChI is InChI=1S/C12H16N4O2/c1-7-9-10(15-11(13-7)12(17)18-2)14-8-4-3-5-16(9)6-8/h8H,3-6H2,1-2H3,(H,13,14,15). The molecule has 0 radical (unpaired) electrons. The van der Waals surface area contributed by atoms with Crippen LogP contribution in [0.3, 0.4) is 0 Å². The number of carbonyl (C=O) groups excluding carboxylic acids is 1. The van der Waals surface area contributed by atoms with Crippen LogP contribution in [0.2, 0.25) is 0 Å². The highest BCUT2D eigenvalue weighted by molar-refractivity contribution is 5.87. The van der Waals surface area contributed by atoms with Gasteiger partial charge in [0, 0.05) is 19.1 Å². The van der Waals surface area contributed by atoms with Crippen molar-refractivity contribution >= 4 is 17.5 Å². The van der Waals surface area contributed by atoms with E-state index in [4.69, 9.17) is 0 Å². The molecule has 18 heavy (non-hydrogen) atoms. The third-order valence-electron chi connectivity index (χ3n) is 3.50. The lowest BCUT2D eigenvalue weighted by atomic mass is 10.0. The predicted octanol–water partition coefficient (Wildman–Crippen LogP) is 0.966. The summed E-state index contributed by atoms with van der Waals surface area (Å²) >= 11 is 0. The lowest BCUT2D eigenvalue weighted by molar-refractivity contribution is 0.0586. The molecule has 0 spiro atoms. The van der Waals surface area contributed by atoms with E-state index >= 15 is 0 Å². The average Bonchev–Trinajstić information content (AvgIpc) is 2.37. The Morgan fingerprint density at radius 1 is 1.50 bits per heavy atom. The largest absolute Gasteiger partial charge is 0.463 e. The highest BCUT2D eigenvalue weighted by Crippen LogP contribution is 2.35. The van der Waals surface area contributed by atoms with Crippen LogP contribution in [0.25, 0.3) is 0 Å². The number of ether oxygens (including phenoxy) is 1. The second kappa shape index (κ2) is 4.12. The van der Waals surface area contributed by atoms with Crippen molar-refractivity contribution in [1.29, 1.82) is 0 Å². The highest BCUT2D eigenvalue weighted by atomic mass is 16.5. The van der Waals surface area contributed by atoms with Gasteiger partial charge in [-0.15, -0.1) is 0 Å². The zero-order valence-corrected chi connectivity index (χ0v) is 10.6.